The number of hydrogen-bond donors (Lipinski definition) is 0. The molecule has 0 atom stereocenters. The van der Waals surface area contributed by atoms with Gasteiger partial charge in [-0.05, 0) is 30.7 Å². The lowest BCUT2D eigenvalue weighted by molar-refractivity contribution is 0.167. The number of rotatable bonds is 6. The van der Waals surface area contributed by atoms with Gasteiger partial charge in [0.2, 0.25) is 0 Å². The highest BCUT2D eigenvalue weighted by molar-refractivity contribution is 6.31. The first-order chi connectivity index (χ1) is 9.67. The molecule has 4 nitrogen and oxygen atoms in total. The van der Waals surface area contributed by atoms with Crippen molar-refractivity contribution in [1.29, 1.82) is 0 Å². The van der Waals surface area contributed by atoms with Crippen LogP contribution >= 0.6 is 23.2 Å². The van der Waals surface area contributed by atoms with Gasteiger partial charge in [0.1, 0.15) is 11.3 Å². The number of halogens is 2. The molecule has 0 saturated heterocycles. The molecular formula is C14H17Cl2N3O. The molecule has 1 aliphatic rings. The molecule has 0 radical (unpaired) electrons. The summed E-state index contributed by atoms with van der Waals surface area (Å²) in [6.07, 6.45) is 5.18. The third kappa shape index (κ3) is 2.65. The Morgan fingerprint density at radius 1 is 1.45 bits per heavy atom. The van der Waals surface area contributed by atoms with Gasteiger partial charge in [-0.3, -0.25) is 0 Å². The predicted octanol–water partition coefficient (Wildman–Crippen LogP) is 3.64. The highest BCUT2D eigenvalue weighted by Crippen LogP contribution is 2.50. The average molecular weight is 314 g/mol. The van der Waals surface area contributed by atoms with Crippen molar-refractivity contribution in [2.24, 2.45) is 5.41 Å². The summed E-state index contributed by atoms with van der Waals surface area (Å²) in [6.45, 7) is 1.70. The summed E-state index contributed by atoms with van der Waals surface area (Å²) < 4.78 is 7.35. The smallest absolute Gasteiger partial charge is 0.160 e. The number of fused-ring (bicyclic) bond motifs is 1. The van der Waals surface area contributed by atoms with Gasteiger partial charge < -0.3 is 9.30 Å². The Kier molecular flexibility index (Phi) is 3.89. The minimum Gasteiger partial charge on any atom is -0.385 e. The molecule has 0 aliphatic heterocycles. The third-order valence-electron chi connectivity index (χ3n) is 4.04. The van der Waals surface area contributed by atoms with Gasteiger partial charge in [-0.15, -0.1) is 11.6 Å². The fourth-order valence-electron chi connectivity index (χ4n) is 2.62. The second-order valence-electron chi connectivity index (χ2n) is 5.49. The Hall–Kier alpha value is -0.840. The van der Waals surface area contributed by atoms with Gasteiger partial charge in [0.05, 0.1) is 10.9 Å². The maximum atomic E-state index is 6.03. The zero-order chi connectivity index (χ0) is 14.2. The molecule has 108 valence electrons. The first-order valence-corrected chi connectivity index (χ1v) is 7.64. The van der Waals surface area contributed by atoms with E-state index in [0.717, 1.165) is 36.6 Å². The van der Waals surface area contributed by atoms with E-state index in [1.807, 2.05) is 6.07 Å². The first kappa shape index (κ1) is 14.1. The van der Waals surface area contributed by atoms with Gasteiger partial charge >= 0.3 is 0 Å². The van der Waals surface area contributed by atoms with Crippen LogP contribution in [0.25, 0.3) is 11.2 Å². The van der Waals surface area contributed by atoms with Gasteiger partial charge in [-0.2, -0.15) is 0 Å². The van der Waals surface area contributed by atoms with Gasteiger partial charge in [0.15, 0.2) is 5.65 Å². The Morgan fingerprint density at radius 3 is 2.90 bits per heavy atom. The molecular weight excluding hydrogens is 297 g/mol. The van der Waals surface area contributed by atoms with E-state index in [-0.39, 0.29) is 0 Å². The maximum absolute atomic E-state index is 6.03. The lowest BCUT2D eigenvalue weighted by Crippen LogP contribution is -2.16. The molecule has 0 spiro atoms. The van der Waals surface area contributed by atoms with Crippen molar-refractivity contribution in [3.05, 3.63) is 23.1 Å². The molecule has 2 aromatic heterocycles. The van der Waals surface area contributed by atoms with Crippen LogP contribution in [-0.2, 0) is 17.2 Å². The number of alkyl halides is 1. The molecule has 0 aromatic carbocycles. The Balaban J connectivity index is 1.94. The van der Waals surface area contributed by atoms with E-state index in [1.165, 1.54) is 12.8 Å². The minimum absolute atomic E-state index is 0.325. The molecule has 2 aromatic rings. The van der Waals surface area contributed by atoms with E-state index in [0.29, 0.717) is 16.3 Å². The standard InChI is InChI=1S/C14H17Cl2N3O/c1-20-5-4-14(2-3-14)9-19-12(7-15)18-11-6-10(16)8-17-13(11)19/h6,8H,2-5,7,9H2,1H3. The van der Waals surface area contributed by atoms with Crippen molar-refractivity contribution in [1.82, 2.24) is 14.5 Å². The molecule has 0 N–H and O–H groups in total. The second-order valence-corrected chi connectivity index (χ2v) is 6.19. The normalized spacial score (nSPS) is 16.8. The number of pyridine rings is 1. The summed E-state index contributed by atoms with van der Waals surface area (Å²) in [5.74, 6) is 1.24. The van der Waals surface area contributed by atoms with Crippen LogP contribution in [-0.4, -0.2) is 28.3 Å². The molecule has 1 aliphatic carbocycles. The van der Waals surface area contributed by atoms with Crippen molar-refractivity contribution < 1.29 is 4.74 Å². The molecule has 0 bridgehead atoms. The number of nitrogens with zero attached hydrogens (tertiary/aromatic N) is 3. The highest BCUT2D eigenvalue weighted by atomic mass is 35.5. The molecule has 1 fully saturated rings. The maximum Gasteiger partial charge on any atom is 0.160 e. The molecule has 20 heavy (non-hydrogen) atoms. The SMILES string of the molecule is COCCC1(Cn2c(CCl)nc3cc(Cl)cnc32)CC1. The Labute approximate surface area is 128 Å². The number of hydrogen-bond acceptors (Lipinski definition) is 3. The van der Waals surface area contributed by atoms with Crippen LogP contribution in [0, 0.1) is 5.41 Å². The van der Waals surface area contributed by atoms with Crippen LogP contribution in [0.5, 0.6) is 0 Å². The van der Waals surface area contributed by atoms with Crippen molar-refractivity contribution in [3.63, 3.8) is 0 Å². The quantitative estimate of drug-likeness (QED) is 0.764. The lowest BCUT2D eigenvalue weighted by atomic mass is 10.0. The van der Waals surface area contributed by atoms with Crippen LogP contribution in [0.3, 0.4) is 0 Å². The van der Waals surface area contributed by atoms with Crippen LogP contribution < -0.4 is 0 Å². The van der Waals surface area contributed by atoms with E-state index in [9.17, 15) is 0 Å². The van der Waals surface area contributed by atoms with Crippen molar-refractivity contribution in [3.8, 4) is 0 Å². The van der Waals surface area contributed by atoms with Crippen LogP contribution in [0.2, 0.25) is 5.02 Å². The van der Waals surface area contributed by atoms with Crippen molar-refractivity contribution >= 4 is 34.4 Å². The highest BCUT2D eigenvalue weighted by Gasteiger charge is 2.43. The van der Waals surface area contributed by atoms with Crippen molar-refractivity contribution in [2.75, 3.05) is 13.7 Å². The van der Waals surface area contributed by atoms with Crippen molar-refractivity contribution in [2.45, 2.75) is 31.7 Å². The Bertz CT molecular complexity index is 622. The van der Waals surface area contributed by atoms with Gasteiger partial charge in [0, 0.05) is 26.5 Å². The summed E-state index contributed by atoms with van der Waals surface area (Å²) >= 11 is 12.0. The van der Waals surface area contributed by atoms with Gasteiger partial charge in [0.25, 0.3) is 0 Å². The lowest BCUT2D eigenvalue weighted by Gasteiger charge is -2.17. The van der Waals surface area contributed by atoms with E-state index >= 15 is 0 Å². The molecule has 6 heteroatoms. The summed E-state index contributed by atoms with van der Waals surface area (Å²) in [5, 5.41) is 0.601. The minimum atomic E-state index is 0.325. The number of aromatic nitrogens is 3. The first-order valence-electron chi connectivity index (χ1n) is 6.73. The molecule has 0 unspecified atom stereocenters. The topological polar surface area (TPSA) is 39.9 Å². The summed E-state index contributed by atoms with van der Waals surface area (Å²) in [6, 6.07) is 1.84. The van der Waals surface area contributed by atoms with Crippen LogP contribution in [0.15, 0.2) is 12.3 Å². The average Bonchev–Trinajstić information content (AvgIpc) is 3.13. The van der Waals surface area contributed by atoms with Crippen LogP contribution in [0.4, 0.5) is 0 Å². The van der Waals surface area contributed by atoms with E-state index < -0.39 is 0 Å². The summed E-state index contributed by atoms with van der Waals surface area (Å²) in [5.41, 5.74) is 2.01. The molecule has 2 heterocycles. The number of imidazole rings is 1. The zero-order valence-corrected chi connectivity index (χ0v) is 12.9. The monoisotopic (exact) mass is 313 g/mol. The van der Waals surface area contributed by atoms with E-state index in [4.69, 9.17) is 27.9 Å². The molecule has 1 saturated carbocycles. The fourth-order valence-corrected chi connectivity index (χ4v) is 2.98. The van der Waals surface area contributed by atoms with E-state index in [2.05, 4.69) is 14.5 Å². The predicted molar refractivity (Wildman–Crippen MR) is 80.3 cm³/mol. The zero-order valence-electron chi connectivity index (χ0n) is 11.4. The number of ether oxygens (including phenoxy) is 1. The summed E-state index contributed by atoms with van der Waals surface area (Å²) in [4.78, 5) is 8.96. The Morgan fingerprint density at radius 2 is 2.25 bits per heavy atom. The second kappa shape index (κ2) is 5.51. The van der Waals surface area contributed by atoms with Gasteiger partial charge in [-0.25, -0.2) is 9.97 Å². The number of methoxy groups -OCH3 is 1. The van der Waals surface area contributed by atoms with Gasteiger partial charge in [-0.1, -0.05) is 11.6 Å². The van der Waals surface area contributed by atoms with E-state index in [1.54, 1.807) is 13.3 Å². The molecule has 0 amide bonds. The third-order valence-corrected chi connectivity index (χ3v) is 4.48. The molecule has 3 rings (SSSR count). The fraction of sp³-hybridized carbons (Fsp3) is 0.571. The van der Waals surface area contributed by atoms with Crippen LogP contribution in [0.1, 0.15) is 25.1 Å². The summed E-state index contributed by atoms with van der Waals surface area (Å²) in [7, 11) is 1.75. The largest absolute Gasteiger partial charge is 0.385 e.